The van der Waals surface area contributed by atoms with E-state index in [-0.39, 0.29) is 21.8 Å². The summed E-state index contributed by atoms with van der Waals surface area (Å²) in [6, 6.07) is 13.7. The summed E-state index contributed by atoms with van der Waals surface area (Å²) in [5.41, 5.74) is 8.23. The van der Waals surface area contributed by atoms with Gasteiger partial charge in [0.15, 0.2) is 9.84 Å². The lowest BCUT2D eigenvalue weighted by Crippen LogP contribution is -2.29. The number of rotatable bonds is 5. The van der Waals surface area contributed by atoms with Gasteiger partial charge < -0.3 is 15.4 Å². The van der Waals surface area contributed by atoms with E-state index < -0.39 is 21.9 Å². The van der Waals surface area contributed by atoms with Gasteiger partial charge in [0.2, 0.25) is 0 Å². The molecule has 0 spiro atoms. The van der Waals surface area contributed by atoms with Gasteiger partial charge in [-0.2, -0.15) is 0 Å². The molecule has 34 heavy (non-hydrogen) atoms. The highest BCUT2D eigenvalue weighted by Crippen LogP contribution is 2.38. The summed E-state index contributed by atoms with van der Waals surface area (Å²) < 4.78 is 67.6. The first-order valence-corrected chi connectivity index (χ1v) is 12.6. The van der Waals surface area contributed by atoms with Crippen LogP contribution in [-0.2, 0) is 9.84 Å². The number of nitrogens with zero attached hydrogens (tertiary/aromatic N) is 2. The van der Waals surface area contributed by atoms with E-state index in [1.807, 2.05) is 6.07 Å². The minimum Gasteiger partial charge on any atom is -0.405 e. The highest BCUT2D eigenvalue weighted by Gasteiger charge is 2.32. The van der Waals surface area contributed by atoms with Gasteiger partial charge in [-0.3, -0.25) is 0 Å². The van der Waals surface area contributed by atoms with Crippen molar-refractivity contribution in [2.75, 3.05) is 30.0 Å². The molecule has 0 aliphatic carbocycles. The summed E-state index contributed by atoms with van der Waals surface area (Å²) in [7, 11) is -3.46. The summed E-state index contributed by atoms with van der Waals surface area (Å²) in [4.78, 5) is 6.87. The highest BCUT2D eigenvalue weighted by atomic mass is 32.2. The van der Waals surface area contributed by atoms with Crippen molar-refractivity contribution < 1.29 is 26.3 Å². The third-order valence-corrected chi connectivity index (χ3v) is 6.70. The Morgan fingerprint density at radius 1 is 0.971 bits per heavy atom. The van der Waals surface area contributed by atoms with Crippen LogP contribution in [0.4, 0.5) is 24.5 Å². The number of piperidine rings is 1. The predicted molar refractivity (Wildman–Crippen MR) is 125 cm³/mol. The second-order valence-corrected chi connectivity index (χ2v) is 10.3. The molecular formula is C24H24F3N3O3S. The summed E-state index contributed by atoms with van der Waals surface area (Å²) >= 11 is 0. The van der Waals surface area contributed by atoms with Gasteiger partial charge in [0.05, 0.1) is 16.3 Å². The van der Waals surface area contributed by atoms with Crippen LogP contribution in [0.25, 0.3) is 22.5 Å². The third-order valence-electron chi connectivity index (χ3n) is 5.59. The Hall–Kier alpha value is -3.27. The van der Waals surface area contributed by atoms with E-state index in [4.69, 9.17) is 5.73 Å². The number of aromatic nitrogens is 1. The maximum absolute atomic E-state index is 13.1. The fraction of sp³-hybridized carbons (Fsp3) is 0.292. The summed E-state index contributed by atoms with van der Waals surface area (Å²) in [6.45, 7) is 1.60. The van der Waals surface area contributed by atoms with Crippen LogP contribution in [0.5, 0.6) is 5.75 Å². The van der Waals surface area contributed by atoms with Crippen molar-refractivity contribution in [3.63, 3.8) is 0 Å². The van der Waals surface area contributed by atoms with Crippen LogP contribution in [0.2, 0.25) is 0 Å². The van der Waals surface area contributed by atoms with Crippen LogP contribution >= 0.6 is 0 Å². The largest absolute Gasteiger partial charge is 0.573 e. The maximum Gasteiger partial charge on any atom is 0.573 e. The van der Waals surface area contributed by atoms with Crippen molar-refractivity contribution in [1.82, 2.24) is 4.98 Å². The minimum absolute atomic E-state index is 0.0942. The number of benzene rings is 2. The van der Waals surface area contributed by atoms with Crippen molar-refractivity contribution in [2.45, 2.75) is 30.5 Å². The Labute approximate surface area is 196 Å². The molecule has 4 rings (SSSR count). The molecule has 0 radical (unpaired) electrons. The second-order valence-electron chi connectivity index (χ2n) is 8.25. The molecular weight excluding hydrogens is 467 g/mol. The van der Waals surface area contributed by atoms with Crippen molar-refractivity contribution in [1.29, 1.82) is 0 Å². The van der Waals surface area contributed by atoms with E-state index in [0.29, 0.717) is 11.3 Å². The van der Waals surface area contributed by atoms with Crippen LogP contribution in [0, 0.1) is 0 Å². The molecule has 0 saturated carbocycles. The summed E-state index contributed by atoms with van der Waals surface area (Å²) in [5.74, 6) is -0.416. The number of alkyl halides is 3. The quantitative estimate of drug-likeness (QED) is 0.488. The average Bonchev–Trinajstić information content (AvgIpc) is 2.79. The topological polar surface area (TPSA) is 85.5 Å². The molecule has 3 aromatic rings. The average molecular weight is 492 g/mol. The van der Waals surface area contributed by atoms with Crippen LogP contribution in [-0.4, -0.2) is 39.1 Å². The van der Waals surface area contributed by atoms with Gasteiger partial charge in [0.1, 0.15) is 5.75 Å². The molecule has 1 aromatic heterocycles. The molecule has 2 heterocycles. The number of hydrogen-bond donors (Lipinski definition) is 1. The van der Waals surface area contributed by atoms with Crippen LogP contribution in [0.3, 0.4) is 0 Å². The number of ether oxygens (including phenoxy) is 1. The number of sulfone groups is 1. The van der Waals surface area contributed by atoms with Crippen molar-refractivity contribution in [2.24, 2.45) is 0 Å². The highest BCUT2D eigenvalue weighted by molar-refractivity contribution is 7.90. The zero-order valence-corrected chi connectivity index (χ0v) is 19.3. The third kappa shape index (κ3) is 5.61. The van der Waals surface area contributed by atoms with E-state index in [1.54, 1.807) is 18.2 Å². The van der Waals surface area contributed by atoms with E-state index in [0.717, 1.165) is 50.4 Å². The molecule has 1 fully saturated rings. The molecule has 2 N–H and O–H groups in total. The first kappa shape index (κ1) is 23.9. The SMILES string of the molecule is CS(=O)(=O)c1cccc(-c2cc(N3CCCCC3)cc(-c3cc(N)ccc3OC(F)(F)F)n2)c1. The Morgan fingerprint density at radius 3 is 2.35 bits per heavy atom. The number of halogens is 3. The molecule has 1 aliphatic heterocycles. The van der Waals surface area contributed by atoms with Gasteiger partial charge in [-0.15, -0.1) is 13.2 Å². The monoisotopic (exact) mass is 491 g/mol. The van der Waals surface area contributed by atoms with Crippen molar-refractivity contribution in [3.05, 3.63) is 54.6 Å². The number of pyridine rings is 1. The zero-order chi connectivity index (χ0) is 24.5. The minimum atomic E-state index is -4.89. The van der Waals surface area contributed by atoms with Gasteiger partial charge in [-0.1, -0.05) is 12.1 Å². The first-order chi connectivity index (χ1) is 16.0. The molecule has 0 bridgehead atoms. The smallest absolute Gasteiger partial charge is 0.405 e. The number of nitrogen functional groups attached to an aromatic ring is 1. The van der Waals surface area contributed by atoms with E-state index in [1.165, 1.54) is 24.3 Å². The lowest BCUT2D eigenvalue weighted by atomic mass is 10.0. The van der Waals surface area contributed by atoms with Crippen molar-refractivity contribution in [3.8, 4) is 28.3 Å². The van der Waals surface area contributed by atoms with Crippen LogP contribution in [0.1, 0.15) is 19.3 Å². The molecule has 6 nitrogen and oxygen atoms in total. The molecule has 0 amide bonds. The first-order valence-electron chi connectivity index (χ1n) is 10.7. The molecule has 1 aliphatic rings. The maximum atomic E-state index is 13.1. The summed E-state index contributed by atoms with van der Waals surface area (Å²) in [5, 5.41) is 0. The van der Waals surface area contributed by atoms with E-state index in [9.17, 15) is 21.6 Å². The molecule has 1 saturated heterocycles. The Bertz CT molecular complexity index is 1300. The van der Waals surface area contributed by atoms with E-state index >= 15 is 0 Å². The normalized spacial score (nSPS) is 14.8. The number of anilines is 2. The van der Waals surface area contributed by atoms with Gasteiger partial charge >= 0.3 is 6.36 Å². The van der Waals surface area contributed by atoms with Crippen LogP contribution < -0.4 is 15.4 Å². The van der Waals surface area contributed by atoms with E-state index in [2.05, 4.69) is 14.6 Å². The number of nitrogens with two attached hydrogens (primary N) is 1. The number of hydrogen-bond acceptors (Lipinski definition) is 6. The Morgan fingerprint density at radius 2 is 1.68 bits per heavy atom. The predicted octanol–water partition coefficient (Wildman–Crippen LogP) is 5.29. The van der Waals surface area contributed by atoms with Gasteiger partial charge in [-0.05, 0) is 61.7 Å². The van der Waals surface area contributed by atoms with Crippen LogP contribution in [0.15, 0.2) is 59.5 Å². The van der Waals surface area contributed by atoms with Crippen molar-refractivity contribution >= 4 is 21.2 Å². The molecule has 10 heteroatoms. The molecule has 180 valence electrons. The fourth-order valence-electron chi connectivity index (χ4n) is 3.98. The molecule has 0 atom stereocenters. The standard InChI is InChI=1S/C24H24F3N3O3S/c1-34(31,32)19-7-5-6-16(12-19)21-14-18(30-10-3-2-4-11-30)15-22(29-21)20-13-17(28)8-9-23(20)33-24(25,26)27/h5-9,12-15H,2-4,10-11,28H2,1H3. The lowest BCUT2D eigenvalue weighted by Gasteiger charge is -2.29. The van der Waals surface area contributed by atoms with Gasteiger partial charge in [0, 0.05) is 41.8 Å². The van der Waals surface area contributed by atoms with Gasteiger partial charge in [0.25, 0.3) is 0 Å². The summed E-state index contributed by atoms with van der Waals surface area (Å²) in [6.07, 6.45) is -0.671. The van der Waals surface area contributed by atoms with Gasteiger partial charge in [-0.25, -0.2) is 13.4 Å². The zero-order valence-electron chi connectivity index (χ0n) is 18.5. The molecule has 0 unspecified atom stereocenters. The second kappa shape index (κ2) is 9.17. The Kier molecular flexibility index (Phi) is 6.44. The fourth-order valence-corrected chi connectivity index (χ4v) is 4.65. The lowest BCUT2D eigenvalue weighted by molar-refractivity contribution is -0.274. The Balaban J connectivity index is 1.90. The molecule has 2 aromatic carbocycles.